The second-order valence-electron chi connectivity index (χ2n) is 12.6. The van der Waals surface area contributed by atoms with Crippen molar-refractivity contribution < 1.29 is 4.79 Å². The number of aromatic amines is 1. The molecule has 2 aliphatic rings. The highest BCUT2D eigenvalue weighted by Crippen LogP contribution is 2.28. The van der Waals surface area contributed by atoms with Gasteiger partial charge in [0.05, 0.1) is 5.69 Å². The number of aryl methyl sites for hydroxylation is 3. The van der Waals surface area contributed by atoms with Gasteiger partial charge in [-0.05, 0) is 89.3 Å². The summed E-state index contributed by atoms with van der Waals surface area (Å²) in [5.41, 5.74) is 8.82. The van der Waals surface area contributed by atoms with Gasteiger partial charge in [0, 0.05) is 80.0 Å². The quantitative estimate of drug-likeness (QED) is 0.192. The summed E-state index contributed by atoms with van der Waals surface area (Å²) in [6, 6.07) is 25.3. The average Bonchev–Trinajstić information content (AvgIpc) is 3.69. The first-order valence-electron chi connectivity index (χ1n) is 17.7. The molecule has 0 spiro atoms. The number of carbonyl (C=O) groups is 1. The summed E-state index contributed by atoms with van der Waals surface area (Å²) in [5, 5.41) is 5.75. The first-order valence-corrected chi connectivity index (χ1v) is 17.7. The van der Waals surface area contributed by atoms with E-state index in [-0.39, 0.29) is 0 Å². The second-order valence-corrected chi connectivity index (χ2v) is 12.6. The van der Waals surface area contributed by atoms with Gasteiger partial charge in [-0.15, -0.1) is 0 Å². The van der Waals surface area contributed by atoms with Crippen molar-refractivity contribution in [3.8, 4) is 0 Å². The molecule has 7 heteroatoms. The number of nitrogens with zero attached hydrogens (tertiary/aromatic N) is 4. The standard InChI is InChI=1S/C20H22N2.C10H9NO.C5H12N2.C4H11N.C2H6/c1-15-8-9-20-16(13-15)5-4-11-22(20)12-10-17-14-21-19-7-3-2-6-18(17)19;1-11-9(7-12)6-8-4-2-3-5-10(8)11;1-7-4-2-6-3-5-7;1-4-5(2)3;1-2/h2-3,6-9,13-14,21H,4-5,10-12H2,1H3;2-7H,1H3;6H,2-5H2,1H3;4H2,1-3H3;1-2H3. The number of anilines is 1. The van der Waals surface area contributed by atoms with Crippen molar-refractivity contribution in [1.82, 2.24) is 24.7 Å². The van der Waals surface area contributed by atoms with Crippen LogP contribution in [-0.4, -0.2) is 92.6 Å². The van der Waals surface area contributed by atoms with Gasteiger partial charge < -0.3 is 29.6 Å². The summed E-state index contributed by atoms with van der Waals surface area (Å²) < 4.78 is 1.89. The van der Waals surface area contributed by atoms with Crippen molar-refractivity contribution in [2.75, 3.05) is 71.9 Å². The van der Waals surface area contributed by atoms with E-state index in [9.17, 15) is 4.79 Å². The van der Waals surface area contributed by atoms with Gasteiger partial charge in [-0.25, -0.2) is 0 Å². The minimum atomic E-state index is 0.719. The molecule has 48 heavy (non-hydrogen) atoms. The van der Waals surface area contributed by atoms with E-state index in [0.717, 1.165) is 55.5 Å². The van der Waals surface area contributed by atoms with Crippen LogP contribution in [0.5, 0.6) is 0 Å². The van der Waals surface area contributed by atoms with Gasteiger partial charge in [0.25, 0.3) is 0 Å². The van der Waals surface area contributed by atoms with E-state index in [0.29, 0.717) is 0 Å². The summed E-state index contributed by atoms with van der Waals surface area (Å²) in [6.45, 7) is 16.5. The van der Waals surface area contributed by atoms with Crippen LogP contribution in [0.25, 0.3) is 21.8 Å². The molecular weight excluding hydrogens is 592 g/mol. The Balaban J connectivity index is 0.000000201. The van der Waals surface area contributed by atoms with E-state index in [4.69, 9.17) is 0 Å². The molecule has 0 unspecified atom stereocenters. The largest absolute Gasteiger partial charge is 0.371 e. The predicted molar refractivity (Wildman–Crippen MR) is 208 cm³/mol. The smallest absolute Gasteiger partial charge is 0.166 e. The van der Waals surface area contributed by atoms with Crippen LogP contribution >= 0.6 is 0 Å². The number of fused-ring (bicyclic) bond motifs is 3. The molecular formula is C41H60N6O. The highest BCUT2D eigenvalue weighted by molar-refractivity contribution is 5.88. The first kappa shape index (κ1) is 38.5. The topological polar surface area (TPSA) is 59.5 Å². The lowest BCUT2D eigenvalue weighted by Gasteiger charge is -2.31. The Kier molecular flexibility index (Phi) is 16.4. The molecule has 2 N–H and O–H groups in total. The summed E-state index contributed by atoms with van der Waals surface area (Å²) in [4.78, 5) is 21.0. The third-order valence-electron chi connectivity index (χ3n) is 8.86. The monoisotopic (exact) mass is 652 g/mol. The van der Waals surface area contributed by atoms with Crippen molar-refractivity contribution >= 4 is 33.8 Å². The van der Waals surface area contributed by atoms with E-state index >= 15 is 0 Å². The fourth-order valence-electron chi connectivity index (χ4n) is 5.83. The number of benzene rings is 3. The van der Waals surface area contributed by atoms with Gasteiger partial charge in [-0.3, -0.25) is 4.79 Å². The third-order valence-corrected chi connectivity index (χ3v) is 8.86. The molecule has 7 nitrogen and oxygen atoms in total. The minimum absolute atomic E-state index is 0.719. The molecule has 0 amide bonds. The van der Waals surface area contributed by atoms with E-state index < -0.39 is 0 Å². The number of carbonyl (C=O) groups excluding carboxylic acids is 1. The molecule has 0 atom stereocenters. The van der Waals surface area contributed by atoms with E-state index in [2.05, 4.69) is 109 Å². The van der Waals surface area contributed by atoms with Gasteiger partial charge in [0.2, 0.25) is 0 Å². The fraction of sp³-hybridized carbons (Fsp3) is 0.439. The van der Waals surface area contributed by atoms with Crippen LogP contribution in [0.3, 0.4) is 0 Å². The Morgan fingerprint density at radius 2 is 1.58 bits per heavy atom. The number of aldehydes is 1. The normalized spacial score (nSPS) is 14.0. The number of aromatic nitrogens is 2. The fourth-order valence-corrected chi connectivity index (χ4v) is 5.83. The predicted octanol–water partition coefficient (Wildman–Crippen LogP) is 7.58. The zero-order valence-electron chi connectivity index (χ0n) is 30.9. The second kappa shape index (κ2) is 20.5. The van der Waals surface area contributed by atoms with Crippen LogP contribution in [0.1, 0.15) is 54.4 Å². The Labute approximate surface area is 289 Å². The highest BCUT2D eigenvalue weighted by atomic mass is 16.1. The van der Waals surface area contributed by atoms with Crippen LogP contribution in [0, 0.1) is 6.92 Å². The van der Waals surface area contributed by atoms with E-state index in [1.165, 1.54) is 65.8 Å². The number of rotatable bonds is 5. The van der Waals surface area contributed by atoms with Crippen molar-refractivity contribution in [3.63, 3.8) is 0 Å². The van der Waals surface area contributed by atoms with Gasteiger partial charge in [0.15, 0.2) is 6.29 Å². The molecule has 0 saturated carbocycles. The molecule has 7 rings (SSSR count). The lowest BCUT2D eigenvalue weighted by molar-refractivity contribution is 0.111. The number of piperazine rings is 1. The Morgan fingerprint density at radius 3 is 2.23 bits per heavy atom. The molecule has 0 aliphatic carbocycles. The van der Waals surface area contributed by atoms with Gasteiger partial charge in [0.1, 0.15) is 0 Å². The molecule has 5 aromatic rings. The van der Waals surface area contributed by atoms with Crippen molar-refractivity contribution in [1.29, 1.82) is 0 Å². The van der Waals surface area contributed by atoms with Gasteiger partial charge >= 0.3 is 0 Å². The molecule has 4 heterocycles. The van der Waals surface area contributed by atoms with E-state index in [1.54, 1.807) is 0 Å². The zero-order valence-corrected chi connectivity index (χ0v) is 30.9. The maximum absolute atomic E-state index is 10.6. The Bertz CT molecular complexity index is 1650. The van der Waals surface area contributed by atoms with E-state index in [1.807, 2.05) is 55.8 Å². The lowest BCUT2D eigenvalue weighted by Crippen LogP contribution is -2.40. The van der Waals surface area contributed by atoms with Gasteiger partial charge in [-0.2, -0.15) is 0 Å². The molecule has 260 valence electrons. The lowest BCUT2D eigenvalue weighted by atomic mass is 9.99. The van der Waals surface area contributed by atoms with Crippen LogP contribution < -0.4 is 10.2 Å². The average molecular weight is 653 g/mol. The van der Waals surface area contributed by atoms with Crippen LogP contribution in [0.15, 0.2) is 79.0 Å². The number of hydrogen-bond donors (Lipinski definition) is 2. The Hall–Kier alpha value is -3.91. The van der Waals surface area contributed by atoms with Crippen molar-refractivity contribution in [2.24, 2.45) is 7.05 Å². The van der Waals surface area contributed by atoms with Crippen LogP contribution in [-0.2, 0) is 19.9 Å². The van der Waals surface area contributed by atoms with Crippen LogP contribution in [0.4, 0.5) is 5.69 Å². The first-order chi connectivity index (χ1) is 23.3. The summed E-state index contributed by atoms with van der Waals surface area (Å²) in [5.74, 6) is 0. The van der Waals surface area contributed by atoms with Gasteiger partial charge in [-0.1, -0.05) is 74.9 Å². The maximum Gasteiger partial charge on any atom is 0.166 e. The number of nitrogens with one attached hydrogen (secondary N) is 2. The summed E-state index contributed by atoms with van der Waals surface area (Å²) >= 11 is 0. The SMILES string of the molecule is CC.CCN(C)C.CN1CCNCC1.Cc1ccc2c(c1)CCCN2CCc1c[nH]c2ccccc12.Cn1c(C=O)cc2ccccc21. The maximum atomic E-state index is 10.6. The van der Waals surface area contributed by atoms with Crippen LogP contribution in [0.2, 0.25) is 0 Å². The number of para-hydroxylation sites is 2. The zero-order chi connectivity index (χ0) is 34.9. The molecule has 0 radical (unpaired) electrons. The third kappa shape index (κ3) is 11.4. The highest BCUT2D eigenvalue weighted by Gasteiger charge is 2.17. The number of likely N-dealkylation sites (N-methyl/N-ethyl adjacent to an activating group) is 1. The Morgan fingerprint density at radius 1 is 0.896 bits per heavy atom. The summed E-state index contributed by atoms with van der Waals surface area (Å²) in [6.07, 6.45) is 6.63. The number of H-pyrrole nitrogens is 1. The molecule has 2 aliphatic heterocycles. The minimum Gasteiger partial charge on any atom is -0.371 e. The van der Waals surface area contributed by atoms with Crippen molar-refractivity contribution in [2.45, 2.75) is 47.0 Å². The molecule has 3 aromatic carbocycles. The van der Waals surface area contributed by atoms with Crippen molar-refractivity contribution in [3.05, 3.63) is 101 Å². The molecule has 1 saturated heterocycles. The molecule has 0 bridgehead atoms. The molecule has 1 fully saturated rings. The summed E-state index contributed by atoms with van der Waals surface area (Å²) in [7, 11) is 8.16. The number of hydrogen-bond acceptors (Lipinski definition) is 5. The molecule has 2 aromatic heterocycles.